The standard InChI is InChI=1S/C9H11N3OS/c1-9(13,7-3-4-14-5-7)8-11-10-6-12(8)2/h3-6,13H,1-2H3. The number of nitrogens with zero attached hydrogens (tertiary/aromatic N) is 3. The average molecular weight is 209 g/mol. The third kappa shape index (κ3) is 1.34. The fourth-order valence-corrected chi connectivity index (χ4v) is 2.15. The van der Waals surface area contributed by atoms with Crippen molar-refractivity contribution in [2.75, 3.05) is 0 Å². The van der Waals surface area contributed by atoms with Crippen LogP contribution in [0.2, 0.25) is 0 Å². The molecule has 5 heteroatoms. The number of aryl methyl sites for hydroxylation is 1. The topological polar surface area (TPSA) is 50.9 Å². The maximum Gasteiger partial charge on any atom is 0.169 e. The smallest absolute Gasteiger partial charge is 0.169 e. The van der Waals surface area contributed by atoms with Crippen molar-refractivity contribution >= 4 is 11.3 Å². The van der Waals surface area contributed by atoms with Crippen LogP contribution in [0.1, 0.15) is 18.3 Å². The van der Waals surface area contributed by atoms with Crippen molar-refractivity contribution in [1.82, 2.24) is 14.8 Å². The lowest BCUT2D eigenvalue weighted by molar-refractivity contribution is 0.0892. The van der Waals surface area contributed by atoms with Crippen LogP contribution in [0.15, 0.2) is 23.2 Å². The summed E-state index contributed by atoms with van der Waals surface area (Å²) in [6.07, 6.45) is 1.58. The molecule has 1 N–H and O–H groups in total. The second-order valence-corrected chi connectivity index (χ2v) is 4.13. The average Bonchev–Trinajstić information content (AvgIpc) is 2.72. The van der Waals surface area contributed by atoms with Gasteiger partial charge >= 0.3 is 0 Å². The molecule has 2 aromatic heterocycles. The molecule has 0 aliphatic carbocycles. The summed E-state index contributed by atoms with van der Waals surface area (Å²) in [5.41, 5.74) is -0.218. The highest BCUT2D eigenvalue weighted by Crippen LogP contribution is 2.28. The molecule has 74 valence electrons. The molecule has 0 saturated heterocycles. The van der Waals surface area contributed by atoms with Gasteiger partial charge in [-0.1, -0.05) is 0 Å². The number of aromatic nitrogens is 3. The lowest BCUT2D eigenvalue weighted by Crippen LogP contribution is -2.26. The molecule has 0 amide bonds. The second kappa shape index (κ2) is 3.18. The fraction of sp³-hybridized carbons (Fsp3) is 0.333. The minimum Gasteiger partial charge on any atom is -0.377 e. The van der Waals surface area contributed by atoms with Gasteiger partial charge in [0.25, 0.3) is 0 Å². The predicted octanol–water partition coefficient (Wildman–Crippen LogP) is 1.13. The van der Waals surface area contributed by atoms with E-state index in [1.807, 2.05) is 23.9 Å². The second-order valence-electron chi connectivity index (χ2n) is 3.35. The van der Waals surface area contributed by atoms with E-state index in [1.54, 1.807) is 29.2 Å². The number of rotatable bonds is 2. The zero-order valence-corrected chi connectivity index (χ0v) is 8.82. The Labute approximate surface area is 85.8 Å². The summed E-state index contributed by atoms with van der Waals surface area (Å²) in [5.74, 6) is 0.552. The van der Waals surface area contributed by atoms with Crippen molar-refractivity contribution < 1.29 is 5.11 Å². The van der Waals surface area contributed by atoms with E-state index in [2.05, 4.69) is 10.2 Å². The molecule has 1 unspecified atom stereocenters. The molecule has 2 heterocycles. The van der Waals surface area contributed by atoms with Crippen LogP contribution in [-0.4, -0.2) is 19.9 Å². The van der Waals surface area contributed by atoms with Crippen LogP contribution in [0, 0.1) is 0 Å². The monoisotopic (exact) mass is 209 g/mol. The van der Waals surface area contributed by atoms with E-state index in [9.17, 15) is 5.11 Å². The molecular weight excluding hydrogens is 198 g/mol. The van der Waals surface area contributed by atoms with Gasteiger partial charge in [0, 0.05) is 12.6 Å². The van der Waals surface area contributed by atoms with Gasteiger partial charge in [0.05, 0.1) is 0 Å². The Kier molecular flexibility index (Phi) is 2.13. The minimum atomic E-state index is -1.06. The highest BCUT2D eigenvalue weighted by molar-refractivity contribution is 7.08. The van der Waals surface area contributed by atoms with Crippen LogP contribution in [-0.2, 0) is 12.6 Å². The SMILES string of the molecule is Cn1cnnc1C(C)(O)c1ccsc1. The molecule has 0 aliphatic heterocycles. The van der Waals surface area contributed by atoms with Crippen LogP contribution in [0.5, 0.6) is 0 Å². The number of hydrogen-bond donors (Lipinski definition) is 1. The third-order valence-electron chi connectivity index (χ3n) is 2.23. The summed E-state index contributed by atoms with van der Waals surface area (Å²) in [6.45, 7) is 1.72. The van der Waals surface area contributed by atoms with Gasteiger partial charge in [-0.2, -0.15) is 11.3 Å². The van der Waals surface area contributed by atoms with Crippen molar-refractivity contribution in [3.05, 3.63) is 34.5 Å². The van der Waals surface area contributed by atoms with Crippen molar-refractivity contribution in [2.24, 2.45) is 7.05 Å². The van der Waals surface area contributed by atoms with Crippen molar-refractivity contribution in [3.8, 4) is 0 Å². The molecule has 14 heavy (non-hydrogen) atoms. The van der Waals surface area contributed by atoms with Gasteiger partial charge in [-0.15, -0.1) is 10.2 Å². The number of thiophene rings is 1. The normalized spacial score (nSPS) is 15.4. The Morgan fingerprint density at radius 2 is 2.36 bits per heavy atom. The molecule has 0 radical (unpaired) electrons. The summed E-state index contributed by atoms with van der Waals surface area (Å²) in [4.78, 5) is 0. The first-order valence-corrected chi connectivity index (χ1v) is 5.16. The van der Waals surface area contributed by atoms with Gasteiger partial charge in [0.15, 0.2) is 5.82 Å². The largest absolute Gasteiger partial charge is 0.377 e. The van der Waals surface area contributed by atoms with Crippen molar-refractivity contribution in [1.29, 1.82) is 0 Å². The van der Waals surface area contributed by atoms with Crippen LogP contribution in [0.4, 0.5) is 0 Å². The van der Waals surface area contributed by atoms with E-state index in [4.69, 9.17) is 0 Å². The molecule has 0 spiro atoms. The Morgan fingerprint density at radius 3 is 2.86 bits per heavy atom. The maximum absolute atomic E-state index is 10.3. The summed E-state index contributed by atoms with van der Waals surface area (Å²) in [5, 5.41) is 21.8. The zero-order chi connectivity index (χ0) is 10.2. The Bertz CT molecular complexity index is 419. The molecule has 2 rings (SSSR count). The Hall–Kier alpha value is -1.20. The fourth-order valence-electron chi connectivity index (χ4n) is 1.39. The minimum absolute atomic E-state index is 0.552. The molecule has 0 bridgehead atoms. The molecule has 1 atom stereocenters. The van der Waals surface area contributed by atoms with E-state index in [0.29, 0.717) is 5.82 Å². The van der Waals surface area contributed by atoms with E-state index < -0.39 is 5.60 Å². The molecule has 0 aliphatic rings. The summed E-state index contributed by atoms with van der Waals surface area (Å²) >= 11 is 1.55. The van der Waals surface area contributed by atoms with Crippen molar-refractivity contribution in [2.45, 2.75) is 12.5 Å². The number of hydrogen-bond acceptors (Lipinski definition) is 4. The van der Waals surface area contributed by atoms with Crippen LogP contribution in [0.25, 0.3) is 0 Å². The van der Waals surface area contributed by atoms with Crippen LogP contribution < -0.4 is 0 Å². The quantitative estimate of drug-likeness (QED) is 0.806. The Morgan fingerprint density at radius 1 is 1.57 bits per heavy atom. The number of aliphatic hydroxyl groups is 1. The highest BCUT2D eigenvalue weighted by atomic mass is 32.1. The van der Waals surface area contributed by atoms with E-state index >= 15 is 0 Å². The van der Waals surface area contributed by atoms with Gasteiger partial charge in [-0.3, -0.25) is 0 Å². The Balaban J connectivity index is 2.48. The first-order valence-electron chi connectivity index (χ1n) is 4.22. The lowest BCUT2D eigenvalue weighted by atomic mass is 9.98. The molecule has 0 aromatic carbocycles. The molecular formula is C9H11N3OS. The van der Waals surface area contributed by atoms with Gasteiger partial charge < -0.3 is 9.67 Å². The molecule has 0 saturated carbocycles. The van der Waals surface area contributed by atoms with Gasteiger partial charge in [0.2, 0.25) is 0 Å². The first kappa shape index (κ1) is 9.36. The molecule has 2 aromatic rings. The highest BCUT2D eigenvalue weighted by Gasteiger charge is 2.30. The summed E-state index contributed by atoms with van der Waals surface area (Å²) in [6, 6.07) is 1.89. The zero-order valence-electron chi connectivity index (χ0n) is 8.01. The van der Waals surface area contributed by atoms with Crippen LogP contribution >= 0.6 is 11.3 Å². The predicted molar refractivity (Wildman–Crippen MR) is 54.0 cm³/mol. The lowest BCUT2D eigenvalue weighted by Gasteiger charge is -2.20. The summed E-state index contributed by atoms with van der Waals surface area (Å²) in [7, 11) is 1.82. The third-order valence-corrected chi connectivity index (χ3v) is 2.91. The van der Waals surface area contributed by atoms with Crippen LogP contribution in [0.3, 0.4) is 0 Å². The van der Waals surface area contributed by atoms with E-state index in [0.717, 1.165) is 5.56 Å². The van der Waals surface area contributed by atoms with E-state index in [-0.39, 0.29) is 0 Å². The molecule has 4 nitrogen and oxygen atoms in total. The van der Waals surface area contributed by atoms with Crippen molar-refractivity contribution in [3.63, 3.8) is 0 Å². The summed E-state index contributed by atoms with van der Waals surface area (Å²) < 4.78 is 1.72. The molecule has 0 fully saturated rings. The van der Waals surface area contributed by atoms with Gasteiger partial charge in [-0.05, 0) is 23.8 Å². The van der Waals surface area contributed by atoms with Gasteiger partial charge in [-0.25, -0.2) is 0 Å². The van der Waals surface area contributed by atoms with E-state index in [1.165, 1.54) is 0 Å². The maximum atomic E-state index is 10.3. The van der Waals surface area contributed by atoms with Gasteiger partial charge in [0.1, 0.15) is 11.9 Å². The first-order chi connectivity index (χ1) is 6.62.